The molecule has 0 saturated carbocycles. The summed E-state index contributed by atoms with van der Waals surface area (Å²) in [5.41, 5.74) is -0.135. The Balaban J connectivity index is 2.90. The van der Waals surface area contributed by atoms with E-state index in [0.29, 0.717) is 4.88 Å². The number of alkyl halides is 3. The molecular formula is C8H6F3NO3S. The molecule has 88 valence electrons. The Morgan fingerprint density at radius 1 is 1.44 bits per heavy atom. The van der Waals surface area contributed by atoms with Gasteiger partial charge in [0.1, 0.15) is 4.88 Å². The van der Waals surface area contributed by atoms with Crippen molar-refractivity contribution in [2.45, 2.75) is 13.1 Å². The number of carboxylic acid groups (broad SMARTS) is 1. The zero-order valence-corrected chi connectivity index (χ0v) is 8.70. The average Bonchev–Trinajstić information content (AvgIpc) is 2.46. The zero-order valence-electron chi connectivity index (χ0n) is 7.88. The van der Waals surface area contributed by atoms with Crippen LogP contribution in [0, 0.1) is 6.92 Å². The zero-order chi connectivity index (χ0) is 12.5. The number of aromatic carboxylic acids is 1. The molecule has 0 aliphatic rings. The van der Waals surface area contributed by atoms with Crippen molar-refractivity contribution in [1.29, 1.82) is 0 Å². The maximum atomic E-state index is 11.9. The summed E-state index contributed by atoms with van der Waals surface area (Å²) in [5, 5.41) is 10.2. The van der Waals surface area contributed by atoms with Gasteiger partial charge in [-0.25, -0.2) is 4.79 Å². The minimum Gasteiger partial charge on any atom is -0.477 e. The molecule has 0 aromatic carbocycles. The van der Waals surface area contributed by atoms with Crippen LogP contribution in [-0.2, 0) is 4.79 Å². The van der Waals surface area contributed by atoms with Crippen molar-refractivity contribution >= 4 is 28.9 Å². The number of amides is 1. The largest absolute Gasteiger partial charge is 0.477 e. The molecule has 1 rings (SSSR count). The first-order chi connectivity index (χ1) is 7.21. The maximum absolute atomic E-state index is 11.9. The van der Waals surface area contributed by atoms with E-state index in [0.717, 1.165) is 17.4 Å². The number of hydrogen-bond acceptors (Lipinski definition) is 3. The molecule has 0 atom stereocenters. The monoisotopic (exact) mass is 253 g/mol. The number of aryl methyl sites for hydroxylation is 1. The van der Waals surface area contributed by atoms with Gasteiger partial charge in [0.15, 0.2) is 0 Å². The third kappa shape index (κ3) is 2.72. The van der Waals surface area contributed by atoms with Crippen LogP contribution in [0.5, 0.6) is 0 Å². The fourth-order valence-electron chi connectivity index (χ4n) is 0.905. The molecule has 1 heterocycles. The number of carboxylic acids is 1. The predicted octanol–water partition coefficient (Wildman–Crippen LogP) is 2.26. The van der Waals surface area contributed by atoms with Crippen molar-refractivity contribution in [2.75, 3.05) is 5.32 Å². The van der Waals surface area contributed by atoms with Gasteiger partial charge < -0.3 is 10.4 Å². The van der Waals surface area contributed by atoms with Crippen LogP contribution < -0.4 is 5.32 Å². The number of hydrogen-bond donors (Lipinski definition) is 2. The molecule has 0 radical (unpaired) electrons. The summed E-state index contributed by atoms with van der Waals surface area (Å²) in [6.45, 7) is 1.42. The number of anilines is 1. The molecule has 0 aliphatic carbocycles. The Kier molecular flexibility index (Phi) is 3.22. The van der Waals surface area contributed by atoms with Gasteiger partial charge in [-0.05, 0) is 13.0 Å². The average molecular weight is 253 g/mol. The van der Waals surface area contributed by atoms with Crippen molar-refractivity contribution < 1.29 is 27.9 Å². The predicted molar refractivity (Wildman–Crippen MR) is 50.7 cm³/mol. The summed E-state index contributed by atoms with van der Waals surface area (Å²) in [6.07, 6.45) is -4.99. The van der Waals surface area contributed by atoms with Gasteiger partial charge in [-0.3, -0.25) is 4.79 Å². The second-order valence-corrected chi connectivity index (χ2v) is 4.09. The van der Waals surface area contributed by atoms with E-state index >= 15 is 0 Å². The van der Waals surface area contributed by atoms with E-state index in [1.807, 2.05) is 0 Å². The number of rotatable bonds is 2. The highest BCUT2D eigenvalue weighted by molar-refractivity contribution is 7.14. The number of carbonyl (C=O) groups excluding carboxylic acids is 1. The standard InChI is InChI=1S/C8H6F3NO3S/c1-3-4(2-5(16-3)6(13)14)12-7(15)8(9,10)11/h2H,1H3,(H,12,15)(H,13,14). The first-order valence-corrected chi connectivity index (χ1v) is 4.75. The van der Waals surface area contributed by atoms with Gasteiger partial charge in [0.05, 0.1) is 5.69 Å². The van der Waals surface area contributed by atoms with Crippen LogP contribution in [0.1, 0.15) is 14.5 Å². The van der Waals surface area contributed by atoms with Crippen molar-refractivity contribution in [3.63, 3.8) is 0 Å². The van der Waals surface area contributed by atoms with Gasteiger partial charge in [-0.15, -0.1) is 11.3 Å². The molecule has 4 nitrogen and oxygen atoms in total. The molecule has 8 heteroatoms. The molecule has 0 fully saturated rings. The second-order valence-electron chi connectivity index (χ2n) is 2.84. The van der Waals surface area contributed by atoms with Gasteiger partial charge in [0.25, 0.3) is 0 Å². The van der Waals surface area contributed by atoms with Crippen LogP contribution in [0.25, 0.3) is 0 Å². The number of carbonyl (C=O) groups is 2. The van der Waals surface area contributed by atoms with Gasteiger partial charge in [0, 0.05) is 4.88 Å². The van der Waals surface area contributed by atoms with Gasteiger partial charge in [-0.2, -0.15) is 13.2 Å². The fraction of sp³-hybridized carbons (Fsp3) is 0.250. The van der Waals surface area contributed by atoms with Crippen LogP contribution in [0.2, 0.25) is 0 Å². The molecule has 2 N–H and O–H groups in total. The van der Waals surface area contributed by atoms with Crippen LogP contribution in [-0.4, -0.2) is 23.2 Å². The quantitative estimate of drug-likeness (QED) is 0.849. The van der Waals surface area contributed by atoms with E-state index in [2.05, 4.69) is 0 Å². The van der Waals surface area contributed by atoms with Crippen LogP contribution in [0.15, 0.2) is 6.07 Å². The summed E-state index contributed by atoms with van der Waals surface area (Å²) in [4.78, 5) is 21.3. The Morgan fingerprint density at radius 2 is 2.00 bits per heavy atom. The normalized spacial score (nSPS) is 11.2. The number of thiophene rings is 1. The first kappa shape index (κ1) is 12.5. The Morgan fingerprint density at radius 3 is 2.38 bits per heavy atom. The van der Waals surface area contributed by atoms with E-state index in [1.165, 1.54) is 6.92 Å². The first-order valence-electron chi connectivity index (χ1n) is 3.93. The highest BCUT2D eigenvalue weighted by Gasteiger charge is 2.39. The Bertz CT molecular complexity index is 438. The molecule has 0 unspecified atom stereocenters. The minimum atomic E-state index is -4.99. The third-order valence-electron chi connectivity index (χ3n) is 1.63. The molecule has 16 heavy (non-hydrogen) atoms. The molecule has 0 bridgehead atoms. The highest BCUT2D eigenvalue weighted by Crippen LogP contribution is 2.28. The van der Waals surface area contributed by atoms with E-state index in [4.69, 9.17) is 5.11 Å². The summed E-state index contributed by atoms with van der Waals surface area (Å²) in [6, 6.07) is 0.992. The van der Waals surface area contributed by atoms with Crippen molar-refractivity contribution in [3.8, 4) is 0 Å². The number of halogens is 3. The van der Waals surface area contributed by atoms with E-state index in [-0.39, 0.29) is 10.6 Å². The van der Waals surface area contributed by atoms with Crippen LogP contribution in [0.4, 0.5) is 18.9 Å². The number of nitrogens with one attached hydrogen (secondary N) is 1. The fourth-order valence-corrected chi connectivity index (χ4v) is 1.72. The summed E-state index contributed by atoms with van der Waals surface area (Å²) in [5.74, 6) is -3.37. The molecule has 0 saturated heterocycles. The molecule has 1 aromatic heterocycles. The maximum Gasteiger partial charge on any atom is 0.471 e. The molecule has 0 spiro atoms. The summed E-state index contributed by atoms with van der Waals surface area (Å²) in [7, 11) is 0. The molecule has 0 aliphatic heterocycles. The van der Waals surface area contributed by atoms with E-state index in [9.17, 15) is 22.8 Å². The van der Waals surface area contributed by atoms with Crippen LogP contribution >= 0.6 is 11.3 Å². The third-order valence-corrected chi connectivity index (χ3v) is 2.67. The van der Waals surface area contributed by atoms with Gasteiger partial charge in [-0.1, -0.05) is 0 Å². The summed E-state index contributed by atoms with van der Waals surface area (Å²) < 4.78 is 35.7. The lowest BCUT2D eigenvalue weighted by atomic mass is 10.3. The minimum absolute atomic E-state index is 0.130. The lowest BCUT2D eigenvalue weighted by Crippen LogP contribution is -2.29. The molecule has 1 aromatic rings. The Hall–Kier alpha value is -1.57. The molecule has 1 amide bonds. The van der Waals surface area contributed by atoms with Gasteiger partial charge >= 0.3 is 18.1 Å². The lowest BCUT2D eigenvalue weighted by Gasteiger charge is -2.06. The highest BCUT2D eigenvalue weighted by atomic mass is 32.1. The summed E-state index contributed by atoms with van der Waals surface area (Å²) >= 11 is 0.793. The van der Waals surface area contributed by atoms with Crippen molar-refractivity contribution in [2.24, 2.45) is 0 Å². The van der Waals surface area contributed by atoms with E-state index < -0.39 is 18.1 Å². The van der Waals surface area contributed by atoms with Crippen LogP contribution in [0.3, 0.4) is 0 Å². The Labute approximate surface area is 91.7 Å². The van der Waals surface area contributed by atoms with Crippen molar-refractivity contribution in [1.82, 2.24) is 0 Å². The second kappa shape index (κ2) is 4.12. The SMILES string of the molecule is Cc1sc(C(=O)O)cc1NC(=O)C(F)(F)F. The van der Waals surface area contributed by atoms with E-state index in [1.54, 1.807) is 5.32 Å². The topological polar surface area (TPSA) is 66.4 Å². The lowest BCUT2D eigenvalue weighted by molar-refractivity contribution is -0.167. The smallest absolute Gasteiger partial charge is 0.471 e. The van der Waals surface area contributed by atoms with Crippen molar-refractivity contribution in [3.05, 3.63) is 15.8 Å². The van der Waals surface area contributed by atoms with Gasteiger partial charge in [0.2, 0.25) is 0 Å². The molecular weight excluding hydrogens is 247 g/mol.